The number of benzene rings is 1. The van der Waals surface area contributed by atoms with E-state index in [0.29, 0.717) is 25.7 Å². The highest BCUT2D eigenvalue weighted by Gasteiger charge is 3.04. The molecule has 4 aliphatic heterocycles. The zero-order chi connectivity index (χ0) is 20.9. The Labute approximate surface area is 174 Å². The maximum absolute atomic E-state index is 13.3. The molecule has 4 fully saturated rings. The fourth-order valence-corrected chi connectivity index (χ4v) is 7.84. The predicted octanol–water partition coefficient (Wildman–Crippen LogP) is 2.73. The van der Waals surface area contributed by atoms with Crippen LogP contribution in [0.5, 0.6) is 0 Å². The molecule has 4 atom stereocenters. The summed E-state index contributed by atoms with van der Waals surface area (Å²) in [6.45, 7) is 0. The Hall–Kier alpha value is -2.44. The third-order valence-corrected chi connectivity index (χ3v) is 8.46. The van der Waals surface area contributed by atoms with Gasteiger partial charge in [0.1, 0.15) is 22.4 Å². The lowest BCUT2D eigenvalue weighted by atomic mass is 9.44. The first kappa shape index (κ1) is 18.3. The minimum absolute atomic E-state index is 0.426. The molecule has 2 saturated heterocycles. The van der Waals surface area contributed by atoms with E-state index < -0.39 is 45.2 Å². The van der Waals surface area contributed by atoms with E-state index in [2.05, 4.69) is 0 Å². The molecular formula is C24H24O6. The number of hydrogen-bond donors (Lipinski definition) is 0. The average Bonchev–Trinajstić information content (AvgIpc) is 3.58. The molecule has 6 aliphatic rings. The van der Waals surface area contributed by atoms with Crippen LogP contribution in [0, 0.1) is 10.8 Å². The van der Waals surface area contributed by atoms with Crippen LogP contribution in [0.1, 0.15) is 25.7 Å². The van der Waals surface area contributed by atoms with Gasteiger partial charge in [0.15, 0.2) is 10.8 Å². The Morgan fingerprint density at radius 2 is 0.867 bits per heavy atom. The molecule has 1 aromatic carbocycles. The van der Waals surface area contributed by atoms with Crippen molar-refractivity contribution in [1.29, 1.82) is 0 Å². The molecule has 7 rings (SSSR count). The zero-order valence-electron chi connectivity index (χ0n) is 17.1. The lowest BCUT2D eigenvalue weighted by Crippen LogP contribution is -2.70. The minimum Gasteiger partial charge on any atom is -0.468 e. The van der Waals surface area contributed by atoms with Crippen LogP contribution in [0.15, 0.2) is 60.7 Å². The second kappa shape index (κ2) is 5.24. The standard InChI is InChI=1S/C18H18O6.C6H6/c1-21-11(19)17-13-3-4-14(17)8-10-16(24-14)6-5-15(23-13,9-7-13)18(16,17)12(20)22-2;1-2-4-6-5-3-1/h7-10H,3-6H2,1-2H3;1-6H. The summed E-state index contributed by atoms with van der Waals surface area (Å²) in [4.78, 5) is 26.7. The highest BCUT2D eigenvalue weighted by molar-refractivity contribution is 5.99. The minimum atomic E-state index is -1.21. The number of carbonyl (C=O) groups excluding carboxylic acids is 2. The third kappa shape index (κ3) is 1.41. The molecule has 6 heteroatoms. The number of carbonyl (C=O) groups is 2. The maximum atomic E-state index is 13.3. The Kier molecular flexibility index (Phi) is 3.20. The number of ether oxygens (including phenoxy) is 4. The first-order chi connectivity index (χ1) is 14.5. The van der Waals surface area contributed by atoms with E-state index in [1.165, 1.54) is 14.2 Å². The van der Waals surface area contributed by atoms with Crippen LogP contribution in [-0.2, 0) is 28.5 Å². The summed E-state index contributed by atoms with van der Waals surface area (Å²) in [7, 11) is 2.74. The van der Waals surface area contributed by atoms with Gasteiger partial charge in [0, 0.05) is 0 Å². The van der Waals surface area contributed by atoms with Crippen LogP contribution in [-0.4, -0.2) is 48.6 Å². The molecular weight excluding hydrogens is 384 g/mol. The van der Waals surface area contributed by atoms with Gasteiger partial charge >= 0.3 is 11.9 Å². The molecule has 4 bridgehead atoms. The molecule has 4 heterocycles. The van der Waals surface area contributed by atoms with Crippen molar-refractivity contribution in [3.8, 4) is 0 Å². The Bertz CT molecular complexity index is 881. The van der Waals surface area contributed by atoms with Gasteiger partial charge in [-0.25, -0.2) is 0 Å². The summed E-state index contributed by atoms with van der Waals surface area (Å²) in [5, 5.41) is 0. The Morgan fingerprint density at radius 1 is 0.600 bits per heavy atom. The first-order valence-corrected chi connectivity index (χ1v) is 10.4. The van der Waals surface area contributed by atoms with E-state index in [1.54, 1.807) is 0 Å². The molecule has 0 amide bonds. The van der Waals surface area contributed by atoms with Gasteiger partial charge in [-0.15, -0.1) is 0 Å². The molecule has 0 aromatic heterocycles. The van der Waals surface area contributed by atoms with Crippen molar-refractivity contribution in [3.63, 3.8) is 0 Å². The summed E-state index contributed by atoms with van der Waals surface area (Å²) in [5.74, 6) is -0.852. The van der Waals surface area contributed by atoms with Gasteiger partial charge < -0.3 is 18.9 Å². The van der Waals surface area contributed by atoms with Crippen LogP contribution in [0.3, 0.4) is 0 Å². The predicted molar refractivity (Wildman–Crippen MR) is 105 cm³/mol. The molecule has 30 heavy (non-hydrogen) atoms. The third-order valence-electron chi connectivity index (χ3n) is 8.46. The maximum Gasteiger partial charge on any atom is 0.319 e. The van der Waals surface area contributed by atoms with E-state index in [0.717, 1.165) is 0 Å². The van der Waals surface area contributed by atoms with Crippen molar-refractivity contribution in [3.05, 3.63) is 60.7 Å². The smallest absolute Gasteiger partial charge is 0.319 e. The van der Waals surface area contributed by atoms with Gasteiger partial charge in [-0.2, -0.15) is 0 Å². The average molecular weight is 408 g/mol. The van der Waals surface area contributed by atoms with Gasteiger partial charge in [0.25, 0.3) is 0 Å². The van der Waals surface area contributed by atoms with E-state index >= 15 is 0 Å². The zero-order valence-corrected chi connectivity index (χ0v) is 17.1. The van der Waals surface area contributed by atoms with Crippen molar-refractivity contribution >= 4 is 11.9 Å². The fraction of sp³-hybridized carbons (Fsp3) is 0.500. The summed E-state index contributed by atoms with van der Waals surface area (Å²) in [5.41, 5.74) is -5.87. The number of rotatable bonds is 2. The van der Waals surface area contributed by atoms with Gasteiger partial charge in [-0.3, -0.25) is 9.59 Å². The Morgan fingerprint density at radius 3 is 1.10 bits per heavy atom. The highest BCUT2D eigenvalue weighted by Crippen LogP contribution is 2.89. The van der Waals surface area contributed by atoms with E-state index in [-0.39, 0.29) is 0 Å². The monoisotopic (exact) mass is 408 g/mol. The molecule has 4 spiro atoms. The Balaban J connectivity index is 0.000000254. The van der Waals surface area contributed by atoms with Gasteiger partial charge in [-0.05, 0) is 25.7 Å². The van der Waals surface area contributed by atoms with Crippen LogP contribution in [0.2, 0.25) is 0 Å². The summed E-state index contributed by atoms with van der Waals surface area (Å²) >= 11 is 0. The van der Waals surface area contributed by atoms with E-state index in [1.807, 2.05) is 60.7 Å². The molecule has 2 aliphatic carbocycles. The highest BCUT2D eigenvalue weighted by atomic mass is 16.6. The molecule has 0 N–H and O–H groups in total. The number of methoxy groups -OCH3 is 2. The van der Waals surface area contributed by atoms with Crippen LogP contribution >= 0.6 is 0 Å². The molecule has 6 nitrogen and oxygen atoms in total. The summed E-state index contributed by atoms with van der Waals surface area (Å²) in [6.07, 6.45) is 10.4. The molecule has 156 valence electrons. The lowest BCUT2D eigenvalue weighted by molar-refractivity contribution is -0.181. The molecule has 4 unspecified atom stereocenters. The van der Waals surface area contributed by atoms with Gasteiger partial charge in [0.05, 0.1) is 14.2 Å². The van der Waals surface area contributed by atoms with Crippen molar-refractivity contribution < 1.29 is 28.5 Å². The van der Waals surface area contributed by atoms with Crippen LogP contribution < -0.4 is 0 Å². The largest absolute Gasteiger partial charge is 0.468 e. The lowest BCUT2D eigenvalue weighted by Gasteiger charge is -2.50. The van der Waals surface area contributed by atoms with Crippen LogP contribution in [0.25, 0.3) is 0 Å². The number of esters is 2. The number of hydrogen-bond acceptors (Lipinski definition) is 6. The van der Waals surface area contributed by atoms with Gasteiger partial charge in [0.2, 0.25) is 0 Å². The molecule has 1 aromatic rings. The topological polar surface area (TPSA) is 71.1 Å². The van der Waals surface area contributed by atoms with Gasteiger partial charge in [-0.1, -0.05) is 60.7 Å². The summed E-state index contributed by atoms with van der Waals surface area (Å²) < 4.78 is 23.7. The normalized spacial score (nSPS) is 49.0. The fourth-order valence-electron chi connectivity index (χ4n) is 7.84. The quantitative estimate of drug-likeness (QED) is 0.554. The van der Waals surface area contributed by atoms with Crippen molar-refractivity contribution in [1.82, 2.24) is 0 Å². The van der Waals surface area contributed by atoms with Crippen LogP contribution in [0.4, 0.5) is 0 Å². The van der Waals surface area contributed by atoms with Crippen molar-refractivity contribution in [2.45, 2.75) is 48.1 Å². The molecule has 2 saturated carbocycles. The van der Waals surface area contributed by atoms with E-state index in [9.17, 15) is 9.59 Å². The second-order valence-corrected chi connectivity index (χ2v) is 9.07. The van der Waals surface area contributed by atoms with Crippen molar-refractivity contribution in [2.24, 2.45) is 10.8 Å². The van der Waals surface area contributed by atoms with E-state index in [4.69, 9.17) is 18.9 Å². The SMILES string of the molecule is COC(=O)C12C34C=CC5(CCC6(C=CC1(CC3)O6)C52C(=O)OC)O4.c1ccccc1. The second-order valence-electron chi connectivity index (χ2n) is 9.07. The summed E-state index contributed by atoms with van der Waals surface area (Å²) in [6, 6.07) is 12.0. The first-order valence-electron chi connectivity index (χ1n) is 10.4. The molecule has 0 radical (unpaired) electrons. The van der Waals surface area contributed by atoms with Crippen molar-refractivity contribution in [2.75, 3.05) is 14.2 Å².